The fourth-order valence-corrected chi connectivity index (χ4v) is 3.17. The smallest absolute Gasteiger partial charge is 0.418 e. The summed E-state index contributed by atoms with van der Waals surface area (Å²) in [5, 5.41) is 9.98. The summed E-state index contributed by atoms with van der Waals surface area (Å²) < 4.78 is 52.0. The number of benzene rings is 2. The molecule has 0 aliphatic carbocycles. The fourth-order valence-electron chi connectivity index (χ4n) is 2.74. The molecule has 1 N–H and O–H groups in total. The Morgan fingerprint density at radius 2 is 1.83 bits per heavy atom. The number of para-hydroxylation sites is 1. The number of carbonyl (C=O) groups is 1. The lowest BCUT2D eigenvalue weighted by Crippen LogP contribution is -2.17. The monoisotopic (exact) mass is 468 g/mol. The highest BCUT2D eigenvalue weighted by Gasteiger charge is 2.34. The highest BCUT2D eigenvalue weighted by atomic mass is 79.9. The molecule has 0 spiro atoms. The van der Waals surface area contributed by atoms with Crippen LogP contribution in [0, 0.1) is 0 Å². The molecule has 1 amide bonds. The van der Waals surface area contributed by atoms with Gasteiger partial charge in [0.1, 0.15) is 13.2 Å². The molecule has 1 aromatic heterocycles. The highest BCUT2D eigenvalue weighted by molar-refractivity contribution is 9.10. The van der Waals surface area contributed by atoms with Gasteiger partial charge in [-0.3, -0.25) is 4.79 Å². The van der Waals surface area contributed by atoms with Gasteiger partial charge in [0.2, 0.25) is 0 Å². The third-order valence-electron chi connectivity index (χ3n) is 4.06. The van der Waals surface area contributed by atoms with E-state index in [1.54, 1.807) is 12.1 Å². The molecule has 29 heavy (non-hydrogen) atoms. The van der Waals surface area contributed by atoms with Crippen molar-refractivity contribution in [2.75, 3.05) is 18.5 Å². The molecule has 2 heterocycles. The molecule has 0 saturated carbocycles. The van der Waals surface area contributed by atoms with Crippen molar-refractivity contribution in [2.45, 2.75) is 6.18 Å². The number of rotatable bonds is 3. The second-order valence-corrected chi connectivity index (χ2v) is 6.85. The second-order valence-electron chi connectivity index (χ2n) is 5.99. The number of aromatic nitrogens is 3. The van der Waals surface area contributed by atoms with Gasteiger partial charge in [0.05, 0.1) is 23.1 Å². The molecular weight excluding hydrogens is 457 g/mol. The van der Waals surface area contributed by atoms with Crippen molar-refractivity contribution in [2.24, 2.45) is 0 Å². The number of anilines is 1. The van der Waals surface area contributed by atoms with Crippen molar-refractivity contribution in [3.63, 3.8) is 0 Å². The molecule has 2 aromatic carbocycles. The van der Waals surface area contributed by atoms with E-state index < -0.39 is 17.6 Å². The Kier molecular flexibility index (Phi) is 4.91. The van der Waals surface area contributed by atoms with Gasteiger partial charge in [-0.05, 0) is 28.1 Å². The number of carbonyl (C=O) groups excluding carboxylic acids is 1. The molecule has 7 nitrogen and oxygen atoms in total. The number of amides is 1. The van der Waals surface area contributed by atoms with Gasteiger partial charge < -0.3 is 14.8 Å². The molecule has 0 unspecified atom stereocenters. The molecule has 0 saturated heterocycles. The number of nitrogens with zero attached hydrogens (tertiary/aromatic N) is 3. The molecule has 1 aliphatic rings. The Balaban J connectivity index is 1.59. The molecule has 11 heteroatoms. The molecule has 0 fully saturated rings. The van der Waals surface area contributed by atoms with Crippen LogP contribution in [-0.2, 0) is 6.18 Å². The Hall–Kier alpha value is -3.08. The average Bonchev–Trinajstić information content (AvgIpc) is 3.18. The number of ether oxygens (including phenoxy) is 2. The van der Waals surface area contributed by atoms with Gasteiger partial charge in [-0.2, -0.15) is 13.2 Å². The van der Waals surface area contributed by atoms with Gasteiger partial charge in [-0.1, -0.05) is 17.3 Å². The maximum Gasteiger partial charge on any atom is 0.418 e. The number of fused-ring (bicyclic) bond motifs is 1. The molecule has 1 aliphatic heterocycles. The van der Waals surface area contributed by atoms with E-state index >= 15 is 0 Å². The van der Waals surface area contributed by atoms with Crippen molar-refractivity contribution in [3.8, 4) is 17.2 Å². The maximum absolute atomic E-state index is 13.2. The number of halogens is 4. The lowest BCUT2D eigenvalue weighted by Gasteiger charge is -2.19. The van der Waals surface area contributed by atoms with Crippen LogP contribution >= 0.6 is 15.9 Å². The van der Waals surface area contributed by atoms with Gasteiger partial charge in [0.25, 0.3) is 5.91 Å². The molecule has 0 atom stereocenters. The summed E-state index contributed by atoms with van der Waals surface area (Å²) in [5.41, 5.74) is -0.869. The molecule has 4 rings (SSSR count). The third kappa shape index (κ3) is 3.90. The number of nitrogens with one attached hydrogen (secondary N) is 1. The van der Waals surface area contributed by atoms with E-state index in [0.29, 0.717) is 34.9 Å². The van der Waals surface area contributed by atoms with Crippen LogP contribution in [0.25, 0.3) is 5.69 Å². The van der Waals surface area contributed by atoms with Crippen LogP contribution in [0.1, 0.15) is 16.1 Å². The Morgan fingerprint density at radius 3 is 2.55 bits per heavy atom. The zero-order chi connectivity index (χ0) is 20.6. The first kappa shape index (κ1) is 19.2. The maximum atomic E-state index is 13.2. The van der Waals surface area contributed by atoms with Gasteiger partial charge in [0.15, 0.2) is 17.2 Å². The largest absolute Gasteiger partial charge is 0.486 e. The van der Waals surface area contributed by atoms with E-state index in [4.69, 9.17) is 9.47 Å². The third-order valence-corrected chi connectivity index (χ3v) is 4.72. The van der Waals surface area contributed by atoms with Crippen molar-refractivity contribution in [1.82, 2.24) is 15.0 Å². The lowest BCUT2D eigenvalue weighted by atomic mass is 10.1. The van der Waals surface area contributed by atoms with Crippen LogP contribution in [0.3, 0.4) is 0 Å². The molecule has 150 valence electrons. The van der Waals surface area contributed by atoms with E-state index in [2.05, 4.69) is 31.6 Å². The van der Waals surface area contributed by atoms with Gasteiger partial charge in [-0.15, -0.1) is 5.10 Å². The zero-order valence-corrected chi connectivity index (χ0v) is 16.1. The standard InChI is InChI=1S/C18H12BrF3N4O3/c19-11-7-15-16(29-6-5-28-15)8-12(11)23-17(27)13-9-26(25-24-13)14-4-2-1-3-10(14)18(20,21)22/h1-4,7-9H,5-6H2,(H,23,27). The molecule has 0 radical (unpaired) electrons. The summed E-state index contributed by atoms with van der Waals surface area (Å²) in [6, 6.07) is 8.13. The number of hydrogen-bond acceptors (Lipinski definition) is 5. The first-order chi connectivity index (χ1) is 13.8. The quantitative estimate of drug-likeness (QED) is 0.626. The van der Waals surface area contributed by atoms with Crippen LogP contribution < -0.4 is 14.8 Å². The number of hydrogen-bond donors (Lipinski definition) is 1. The second kappa shape index (κ2) is 7.39. The minimum absolute atomic E-state index is 0.149. The first-order valence-corrected chi connectivity index (χ1v) is 9.11. The number of alkyl halides is 3. The van der Waals surface area contributed by atoms with Crippen molar-refractivity contribution >= 4 is 27.5 Å². The van der Waals surface area contributed by atoms with Crippen molar-refractivity contribution in [3.05, 3.63) is 58.3 Å². The predicted octanol–water partition coefficient (Wildman–Crippen LogP) is 4.07. The summed E-state index contributed by atoms with van der Waals surface area (Å²) in [5.74, 6) is 0.367. The molecule has 0 bridgehead atoms. The van der Waals surface area contributed by atoms with E-state index in [1.165, 1.54) is 18.2 Å². The summed E-state index contributed by atoms with van der Waals surface area (Å²) in [7, 11) is 0. The van der Waals surface area contributed by atoms with E-state index in [0.717, 1.165) is 16.9 Å². The van der Waals surface area contributed by atoms with Crippen molar-refractivity contribution < 1.29 is 27.4 Å². The van der Waals surface area contributed by atoms with E-state index in [-0.39, 0.29) is 11.4 Å². The minimum Gasteiger partial charge on any atom is -0.486 e. The fraction of sp³-hybridized carbons (Fsp3) is 0.167. The minimum atomic E-state index is -4.57. The zero-order valence-electron chi connectivity index (χ0n) is 14.5. The van der Waals surface area contributed by atoms with Gasteiger partial charge >= 0.3 is 6.18 Å². The van der Waals surface area contributed by atoms with E-state index in [9.17, 15) is 18.0 Å². The molecule has 3 aromatic rings. The Labute approximate surface area is 170 Å². The Bertz CT molecular complexity index is 1080. The van der Waals surface area contributed by atoms with Gasteiger partial charge in [-0.25, -0.2) is 4.68 Å². The topological polar surface area (TPSA) is 78.3 Å². The normalized spacial score (nSPS) is 13.2. The predicted molar refractivity (Wildman–Crippen MR) is 99.4 cm³/mol. The highest BCUT2D eigenvalue weighted by Crippen LogP contribution is 2.38. The van der Waals surface area contributed by atoms with Crippen LogP contribution in [-0.4, -0.2) is 34.1 Å². The van der Waals surface area contributed by atoms with Crippen molar-refractivity contribution in [1.29, 1.82) is 0 Å². The summed E-state index contributed by atoms with van der Waals surface area (Å²) >= 11 is 3.33. The van der Waals surface area contributed by atoms with Crippen LogP contribution in [0.15, 0.2) is 47.1 Å². The van der Waals surface area contributed by atoms with E-state index in [1.807, 2.05) is 0 Å². The van der Waals surface area contributed by atoms with Crippen LogP contribution in [0.4, 0.5) is 18.9 Å². The van der Waals surface area contributed by atoms with Crippen LogP contribution in [0.5, 0.6) is 11.5 Å². The SMILES string of the molecule is O=C(Nc1cc2c(cc1Br)OCCO2)c1cn(-c2ccccc2C(F)(F)F)nn1. The average molecular weight is 469 g/mol. The lowest BCUT2D eigenvalue weighted by molar-refractivity contribution is -0.137. The Morgan fingerprint density at radius 1 is 1.14 bits per heavy atom. The van der Waals surface area contributed by atoms with Crippen LogP contribution in [0.2, 0.25) is 0 Å². The van der Waals surface area contributed by atoms with Gasteiger partial charge in [0, 0.05) is 16.6 Å². The first-order valence-electron chi connectivity index (χ1n) is 8.32. The molecular formula is C18H12BrF3N4O3. The summed E-state index contributed by atoms with van der Waals surface area (Å²) in [6.07, 6.45) is -3.44. The summed E-state index contributed by atoms with van der Waals surface area (Å²) in [6.45, 7) is 0.808. The summed E-state index contributed by atoms with van der Waals surface area (Å²) in [4.78, 5) is 12.5.